The van der Waals surface area contributed by atoms with Gasteiger partial charge in [-0.05, 0) is 75.8 Å². The predicted molar refractivity (Wildman–Crippen MR) is 161 cm³/mol. The molecule has 0 saturated carbocycles. The number of carboxylic acids is 1. The Balaban J connectivity index is 1.24. The van der Waals surface area contributed by atoms with Crippen molar-refractivity contribution in [3.05, 3.63) is 144 Å². The Labute approximate surface area is 242 Å². The van der Waals surface area contributed by atoms with Gasteiger partial charge in [0.1, 0.15) is 13.2 Å². The van der Waals surface area contributed by atoms with E-state index in [2.05, 4.69) is 15.7 Å². The lowest BCUT2D eigenvalue weighted by atomic mass is 9.98. The molecule has 5 rings (SSSR count). The van der Waals surface area contributed by atoms with E-state index in [0.29, 0.717) is 11.4 Å². The highest BCUT2D eigenvalue weighted by Gasteiger charge is 2.18. The van der Waals surface area contributed by atoms with Crippen molar-refractivity contribution in [1.29, 1.82) is 0 Å². The molecule has 210 valence electrons. The number of amides is 1. The van der Waals surface area contributed by atoms with Crippen molar-refractivity contribution in [3.8, 4) is 22.3 Å². The van der Waals surface area contributed by atoms with Crippen LogP contribution in [0.15, 0.2) is 121 Å². The molecule has 0 aromatic heterocycles. The third-order valence-corrected chi connectivity index (χ3v) is 6.70. The molecule has 1 amide bonds. The quantitative estimate of drug-likeness (QED) is 0.0976. The largest absolute Gasteiger partial charge is 0.478 e. The Kier molecular flexibility index (Phi) is 9.00. The number of nitrogens with one attached hydrogen (secondary N) is 2. The van der Waals surface area contributed by atoms with Gasteiger partial charge >= 0.3 is 5.97 Å². The maximum atomic E-state index is 13.1. The Morgan fingerprint density at radius 2 is 1.19 bits per heavy atom. The molecule has 0 bridgehead atoms. The number of benzene rings is 5. The molecule has 0 unspecified atom stereocenters. The van der Waals surface area contributed by atoms with Crippen LogP contribution in [0.1, 0.15) is 31.8 Å². The number of carbonyl (C=O) groups excluding carboxylic acids is 1. The SMILES string of the molecule is O=C(O)c1ccc(-c2ccccc2)cc1C(=O)Nc1ccc(NOCc2cc(-c3ccccc3)ccc2COO)cc1. The van der Waals surface area contributed by atoms with Crippen LogP contribution in [-0.2, 0) is 22.9 Å². The summed E-state index contributed by atoms with van der Waals surface area (Å²) in [5.74, 6) is -1.71. The molecule has 5 aromatic carbocycles. The fourth-order valence-corrected chi connectivity index (χ4v) is 4.53. The van der Waals surface area contributed by atoms with Gasteiger partial charge in [-0.15, -0.1) is 0 Å². The number of rotatable bonds is 11. The Morgan fingerprint density at radius 1 is 0.595 bits per heavy atom. The number of hydrogen-bond acceptors (Lipinski definition) is 6. The molecule has 42 heavy (non-hydrogen) atoms. The minimum absolute atomic E-state index is 0.0278. The van der Waals surface area contributed by atoms with Gasteiger partial charge in [0.15, 0.2) is 0 Å². The van der Waals surface area contributed by atoms with Crippen molar-refractivity contribution in [3.63, 3.8) is 0 Å². The van der Waals surface area contributed by atoms with E-state index in [0.717, 1.165) is 33.4 Å². The third kappa shape index (κ3) is 6.89. The number of anilines is 2. The highest BCUT2D eigenvalue weighted by Crippen LogP contribution is 2.25. The fraction of sp³-hybridized carbons (Fsp3) is 0.0588. The molecule has 0 aliphatic carbocycles. The van der Waals surface area contributed by atoms with Gasteiger partial charge in [0, 0.05) is 5.69 Å². The molecule has 8 nitrogen and oxygen atoms in total. The van der Waals surface area contributed by atoms with Crippen LogP contribution < -0.4 is 10.8 Å². The summed E-state index contributed by atoms with van der Waals surface area (Å²) in [6.45, 7) is 0.230. The van der Waals surface area contributed by atoms with E-state index in [4.69, 9.17) is 10.1 Å². The van der Waals surface area contributed by atoms with Gasteiger partial charge in [-0.25, -0.2) is 9.68 Å². The molecule has 4 N–H and O–H groups in total. The average molecular weight is 561 g/mol. The lowest BCUT2D eigenvalue weighted by Crippen LogP contribution is -2.16. The predicted octanol–water partition coefficient (Wildman–Crippen LogP) is 7.50. The maximum absolute atomic E-state index is 13.1. The maximum Gasteiger partial charge on any atom is 0.336 e. The first-order valence-corrected chi connectivity index (χ1v) is 13.2. The van der Waals surface area contributed by atoms with Gasteiger partial charge in [-0.2, -0.15) is 0 Å². The second-order valence-corrected chi connectivity index (χ2v) is 9.48. The van der Waals surface area contributed by atoms with Crippen molar-refractivity contribution in [1.82, 2.24) is 0 Å². The number of hydrogen-bond donors (Lipinski definition) is 4. The Morgan fingerprint density at radius 3 is 1.81 bits per heavy atom. The van der Waals surface area contributed by atoms with Crippen LogP contribution in [-0.4, -0.2) is 22.2 Å². The summed E-state index contributed by atoms with van der Waals surface area (Å²) in [6.07, 6.45) is 0. The molecular weight excluding hydrogens is 532 g/mol. The van der Waals surface area contributed by atoms with E-state index in [-0.39, 0.29) is 24.3 Å². The highest BCUT2D eigenvalue weighted by molar-refractivity contribution is 6.11. The summed E-state index contributed by atoms with van der Waals surface area (Å²) in [5, 5.41) is 21.4. The van der Waals surface area contributed by atoms with Gasteiger partial charge in [-0.1, -0.05) is 78.9 Å². The monoisotopic (exact) mass is 560 g/mol. The molecule has 0 atom stereocenters. The zero-order valence-corrected chi connectivity index (χ0v) is 22.5. The van der Waals surface area contributed by atoms with Gasteiger partial charge < -0.3 is 10.4 Å². The van der Waals surface area contributed by atoms with Crippen LogP contribution in [0.3, 0.4) is 0 Å². The van der Waals surface area contributed by atoms with Gasteiger partial charge in [-0.3, -0.25) is 20.4 Å². The summed E-state index contributed by atoms with van der Waals surface area (Å²) >= 11 is 0. The molecule has 0 radical (unpaired) electrons. The summed E-state index contributed by atoms with van der Waals surface area (Å²) in [7, 11) is 0. The second-order valence-electron chi connectivity index (χ2n) is 9.48. The molecule has 5 aromatic rings. The van der Waals surface area contributed by atoms with Crippen molar-refractivity contribution in [2.24, 2.45) is 0 Å². The molecule has 0 saturated heterocycles. The minimum atomic E-state index is -1.18. The zero-order valence-electron chi connectivity index (χ0n) is 22.5. The third-order valence-electron chi connectivity index (χ3n) is 6.70. The summed E-state index contributed by atoms with van der Waals surface area (Å²) < 4.78 is 0. The Hall–Kier alpha value is -5.28. The van der Waals surface area contributed by atoms with Crippen LogP contribution in [0, 0.1) is 0 Å². The van der Waals surface area contributed by atoms with Crippen molar-refractivity contribution >= 4 is 23.3 Å². The topological polar surface area (TPSA) is 117 Å². The normalized spacial score (nSPS) is 10.7. The number of carbonyl (C=O) groups is 2. The molecule has 0 aliphatic heterocycles. The standard InChI is InChI=1S/C34H28N2O6/c37-33(32-20-26(13-18-31(32)34(38)39)24-9-5-2-6-10-24)35-29-14-16-30(17-15-29)36-41-21-28-19-25(11-12-27(28)22-42-40)23-7-3-1-4-8-23/h1-20,36,40H,21-22H2,(H,35,37)(H,38,39). The first-order chi connectivity index (χ1) is 20.5. The van der Waals surface area contributed by atoms with E-state index in [9.17, 15) is 14.7 Å². The van der Waals surface area contributed by atoms with E-state index in [1.165, 1.54) is 6.07 Å². The molecule has 8 heteroatoms. The summed E-state index contributed by atoms with van der Waals surface area (Å²) in [4.78, 5) is 35.0. The number of aromatic carboxylic acids is 1. The molecule has 0 spiro atoms. The van der Waals surface area contributed by atoms with Gasteiger partial charge in [0.2, 0.25) is 0 Å². The zero-order chi connectivity index (χ0) is 29.3. The van der Waals surface area contributed by atoms with E-state index < -0.39 is 11.9 Å². The van der Waals surface area contributed by atoms with Gasteiger partial charge in [0.05, 0.1) is 16.8 Å². The van der Waals surface area contributed by atoms with Crippen molar-refractivity contribution in [2.45, 2.75) is 13.2 Å². The van der Waals surface area contributed by atoms with Crippen LogP contribution in [0.4, 0.5) is 11.4 Å². The average Bonchev–Trinajstić information content (AvgIpc) is 3.03. The molecule has 0 aliphatic rings. The van der Waals surface area contributed by atoms with Crippen molar-refractivity contribution in [2.75, 3.05) is 10.8 Å². The van der Waals surface area contributed by atoms with E-state index in [1.807, 2.05) is 78.9 Å². The first-order valence-electron chi connectivity index (χ1n) is 13.2. The van der Waals surface area contributed by atoms with Crippen LogP contribution in [0.25, 0.3) is 22.3 Å². The smallest absolute Gasteiger partial charge is 0.336 e. The lowest BCUT2D eigenvalue weighted by molar-refractivity contribution is -0.253. The van der Waals surface area contributed by atoms with Crippen LogP contribution in [0.5, 0.6) is 0 Å². The van der Waals surface area contributed by atoms with E-state index in [1.54, 1.807) is 36.4 Å². The second kappa shape index (κ2) is 13.4. The van der Waals surface area contributed by atoms with Gasteiger partial charge in [0.25, 0.3) is 5.91 Å². The molecule has 0 fully saturated rings. The summed E-state index contributed by atoms with van der Waals surface area (Å²) in [5.41, 5.74) is 9.32. The highest BCUT2D eigenvalue weighted by atomic mass is 17.1. The van der Waals surface area contributed by atoms with Crippen LogP contribution in [0.2, 0.25) is 0 Å². The minimum Gasteiger partial charge on any atom is -0.478 e. The van der Waals surface area contributed by atoms with Crippen molar-refractivity contribution < 1.29 is 29.7 Å². The fourth-order valence-electron chi connectivity index (χ4n) is 4.53. The molecule has 0 heterocycles. The number of carboxylic acid groups (broad SMARTS) is 1. The Bertz CT molecular complexity index is 1670. The molecular formula is C34H28N2O6. The first kappa shape index (κ1) is 28.3. The van der Waals surface area contributed by atoms with E-state index >= 15 is 0 Å². The lowest BCUT2D eigenvalue weighted by Gasteiger charge is -2.13. The van der Waals surface area contributed by atoms with Crippen LogP contribution >= 0.6 is 0 Å². The summed E-state index contributed by atoms with van der Waals surface area (Å²) in [6, 6.07) is 36.8.